The molecule has 1 atom stereocenters. The molecule has 1 aromatic carbocycles. The fourth-order valence-corrected chi connectivity index (χ4v) is 1.29. The molecule has 2 N–H and O–H groups in total. The van der Waals surface area contributed by atoms with E-state index in [2.05, 4.69) is 15.5 Å². The highest BCUT2D eigenvalue weighted by Crippen LogP contribution is 2.22. The van der Waals surface area contributed by atoms with Gasteiger partial charge in [0.05, 0.1) is 0 Å². The second-order valence-electron chi connectivity index (χ2n) is 2.66. The summed E-state index contributed by atoms with van der Waals surface area (Å²) in [6.07, 6.45) is -0.250. The second kappa shape index (κ2) is 3.10. The molecule has 0 radical (unpaired) electrons. The number of rotatable bonds is 1. The van der Waals surface area contributed by atoms with Crippen LogP contribution in [0.2, 0.25) is 0 Å². The zero-order valence-electron chi connectivity index (χ0n) is 6.64. The lowest BCUT2D eigenvalue weighted by atomic mass is 10.2. The Morgan fingerprint density at radius 1 is 1.46 bits per heavy atom. The van der Waals surface area contributed by atoms with Crippen LogP contribution in [0.3, 0.4) is 0 Å². The number of hydrogen-bond donors (Lipinski definition) is 2. The van der Waals surface area contributed by atoms with E-state index < -0.39 is 0 Å². The Morgan fingerprint density at radius 3 is 2.92 bits per heavy atom. The molecule has 0 bridgehead atoms. The van der Waals surface area contributed by atoms with Crippen molar-refractivity contribution in [2.75, 3.05) is 0 Å². The molecule has 1 heterocycles. The maximum absolute atomic E-state index is 9.21. The van der Waals surface area contributed by atoms with Crippen molar-refractivity contribution in [3.05, 3.63) is 29.8 Å². The summed E-state index contributed by atoms with van der Waals surface area (Å²) in [5, 5.41) is 20.1. The summed E-state index contributed by atoms with van der Waals surface area (Å²) in [6, 6.07) is 6.84. The first kappa shape index (κ1) is 8.12. The van der Waals surface area contributed by atoms with Gasteiger partial charge in [-0.2, -0.15) is 5.11 Å². The van der Waals surface area contributed by atoms with Gasteiger partial charge in [0.15, 0.2) is 6.17 Å². The average Bonchev–Trinajstić information content (AvgIpc) is 2.52. The van der Waals surface area contributed by atoms with Crippen molar-refractivity contribution in [1.82, 2.24) is 5.32 Å². The molecule has 0 fully saturated rings. The zero-order valence-corrected chi connectivity index (χ0v) is 7.45. The van der Waals surface area contributed by atoms with Crippen molar-refractivity contribution < 1.29 is 5.11 Å². The van der Waals surface area contributed by atoms with Crippen molar-refractivity contribution in [1.29, 1.82) is 0 Å². The molecule has 4 nitrogen and oxygen atoms in total. The smallest absolute Gasteiger partial charge is 0.215 e. The first-order valence-electron chi connectivity index (χ1n) is 3.76. The van der Waals surface area contributed by atoms with Gasteiger partial charge in [0, 0.05) is 5.56 Å². The molecule has 1 aliphatic rings. The van der Waals surface area contributed by atoms with Crippen LogP contribution in [0.1, 0.15) is 11.7 Å². The number of hydrogen-bond acceptors (Lipinski definition) is 3. The van der Waals surface area contributed by atoms with E-state index in [1.807, 2.05) is 6.07 Å². The fraction of sp³-hybridized carbons (Fsp3) is 0.125. The van der Waals surface area contributed by atoms with Gasteiger partial charge in [-0.3, -0.25) is 0 Å². The Morgan fingerprint density at radius 2 is 2.31 bits per heavy atom. The minimum Gasteiger partial charge on any atom is -0.508 e. The van der Waals surface area contributed by atoms with E-state index in [9.17, 15) is 5.11 Å². The standard InChI is InChI=1S/C8H7N3OS/c12-6-3-1-2-5(4-6)7-9-8(13)11-10-7/h1-4,7,12H,(H,9,13). The molecule has 5 heteroatoms. The predicted octanol–water partition coefficient (Wildman–Crippen LogP) is 1.73. The fourth-order valence-electron chi connectivity index (χ4n) is 1.13. The number of thiocarbonyl (C=S) groups is 1. The number of phenolic OH excluding ortho intramolecular Hbond substituents is 1. The van der Waals surface area contributed by atoms with Gasteiger partial charge in [-0.15, -0.1) is 5.11 Å². The van der Waals surface area contributed by atoms with E-state index in [-0.39, 0.29) is 11.9 Å². The Bertz CT molecular complexity index is 377. The van der Waals surface area contributed by atoms with E-state index in [0.717, 1.165) is 5.56 Å². The molecule has 1 unspecified atom stereocenters. The Kier molecular flexibility index (Phi) is 1.94. The second-order valence-corrected chi connectivity index (χ2v) is 3.05. The largest absolute Gasteiger partial charge is 0.508 e. The number of azo groups is 1. The summed E-state index contributed by atoms with van der Waals surface area (Å²) < 4.78 is 0. The van der Waals surface area contributed by atoms with Crippen LogP contribution in [0.4, 0.5) is 0 Å². The monoisotopic (exact) mass is 193 g/mol. The number of nitrogens with zero attached hydrogens (tertiary/aromatic N) is 2. The van der Waals surface area contributed by atoms with E-state index in [1.165, 1.54) is 0 Å². The molecule has 0 aromatic heterocycles. The number of aromatic hydroxyl groups is 1. The Labute approximate surface area is 80.3 Å². The highest BCUT2D eigenvalue weighted by molar-refractivity contribution is 7.80. The Hall–Kier alpha value is -1.49. The van der Waals surface area contributed by atoms with Crippen LogP contribution in [-0.2, 0) is 0 Å². The molecule has 0 saturated heterocycles. The maximum Gasteiger partial charge on any atom is 0.215 e. The van der Waals surface area contributed by atoms with Gasteiger partial charge in [0.1, 0.15) is 5.75 Å². The van der Waals surface area contributed by atoms with Gasteiger partial charge < -0.3 is 10.4 Å². The summed E-state index contributed by atoms with van der Waals surface area (Å²) in [6.45, 7) is 0. The Balaban J connectivity index is 2.27. The average molecular weight is 193 g/mol. The molecule has 0 saturated carbocycles. The molecule has 0 aliphatic carbocycles. The van der Waals surface area contributed by atoms with E-state index >= 15 is 0 Å². The van der Waals surface area contributed by atoms with Crippen molar-refractivity contribution >= 4 is 17.3 Å². The maximum atomic E-state index is 9.21. The number of benzene rings is 1. The summed E-state index contributed by atoms with van der Waals surface area (Å²) in [4.78, 5) is 0. The first-order valence-corrected chi connectivity index (χ1v) is 4.17. The van der Waals surface area contributed by atoms with Crippen LogP contribution < -0.4 is 5.32 Å². The van der Waals surface area contributed by atoms with Crippen molar-refractivity contribution in [3.8, 4) is 5.75 Å². The molecule has 0 amide bonds. The van der Waals surface area contributed by atoms with E-state index in [1.54, 1.807) is 18.2 Å². The zero-order chi connectivity index (χ0) is 9.26. The summed E-state index contributed by atoms with van der Waals surface area (Å²) >= 11 is 4.79. The molecule has 0 spiro atoms. The highest BCUT2D eigenvalue weighted by atomic mass is 32.1. The van der Waals surface area contributed by atoms with Gasteiger partial charge in [0.2, 0.25) is 5.11 Å². The molecular weight excluding hydrogens is 186 g/mol. The summed E-state index contributed by atoms with van der Waals surface area (Å²) in [7, 11) is 0. The lowest BCUT2D eigenvalue weighted by Crippen LogP contribution is -2.17. The normalized spacial score (nSPS) is 20.3. The van der Waals surface area contributed by atoms with Crippen molar-refractivity contribution in [3.63, 3.8) is 0 Å². The van der Waals surface area contributed by atoms with Gasteiger partial charge in [0.25, 0.3) is 0 Å². The lowest BCUT2D eigenvalue weighted by molar-refractivity contribution is 0.473. The van der Waals surface area contributed by atoms with Crippen molar-refractivity contribution in [2.24, 2.45) is 10.2 Å². The molecule has 1 aliphatic heterocycles. The third kappa shape index (κ3) is 1.65. The summed E-state index contributed by atoms with van der Waals surface area (Å²) in [5.41, 5.74) is 0.851. The minimum atomic E-state index is -0.250. The quantitative estimate of drug-likeness (QED) is 0.668. The van der Waals surface area contributed by atoms with Gasteiger partial charge >= 0.3 is 0 Å². The van der Waals surface area contributed by atoms with Crippen LogP contribution in [0.5, 0.6) is 5.75 Å². The van der Waals surface area contributed by atoms with Crippen LogP contribution in [-0.4, -0.2) is 10.2 Å². The van der Waals surface area contributed by atoms with Gasteiger partial charge in [-0.1, -0.05) is 12.1 Å². The van der Waals surface area contributed by atoms with Crippen LogP contribution in [0, 0.1) is 0 Å². The minimum absolute atomic E-state index is 0.215. The predicted molar refractivity (Wildman–Crippen MR) is 51.4 cm³/mol. The van der Waals surface area contributed by atoms with Gasteiger partial charge in [-0.25, -0.2) is 0 Å². The number of phenols is 1. The molecule has 13 heavy (non-hydrogen) atoms. The third-order valence-corrected chi connectivity index (χ3v) is 1.91. The number of nitrogens with one attached hydrogen (secondary N) is 1. The van der Waals surface area contributed by atoms with Crippen molar-refractivity contribution in [2.45, 2.75) is 6.17 Å². The third-order valence-electron chi connectivity index (χ3n) is 1.71. The summed E-state index contributed by atoms with van der Waals surface area (Å²) in [5.74, 6) is 0.215. The SMILES string of the molecule is Oc1cccc(C2N=NC(=S)N2)c1. The van der Waals surface area contributed by atoms with E-state index in [0.29, 0.717) is 5.11 Å². The van der Waals surface area contributed by atoms with Crippen LogP contribution in [0.15, 0.2) is 34.5 Å². The van der Waals surface area contributed by atoms with E-state index in [4.69, 9.17) is 12.2 Å². The highest BCUT2D eigenvalue weighted by Gasteiger charge is 2.16. The van der Waals surface area contributed by atoms with Gasteiger partial charge in [-0.05, 0) is 24.4 Å². The van der Waals surface area contributed by atoms with Crippen LogP contribution in [0.25, 0.3) is 0 Å². The molecule has 2 rings (SSSR count). The molecular formula is C8H7N3OS. The molecule has 66 valence electrons. The first-order chi connectivity index (χ1) is 6.25. The molecule has 1 aromatic rings. The topological polar surface area (TPSA) is 57.0 Å². The van der Waals surface area contributed by atoms with Crippen LogP contribution >= 0.6 is 12.2 Å². The lowest BCUT2D eigenvalue weighted by Gasteiger charge is -2.06.